The molecule has 0 unspecified atom stereocenters. The molecule has 0 spiro atoms. The molecule has 4 rings (SSSR count). The second-order valence-electron chi connectivity index (χ2n) is 8.11. The van der Waals surface area contributed by atoms with Gasteiger partial charge in [-0.3, -0.25) is 9.69 Å². The molecule has 156 valence electrons. The number of amides is 1. The quantitative estimate of drug-likeness (QED) is 0.747. The van der Waals surface area contributed by atoms with Crippen LogP contribution >= 0.6 is 0 Å². The minimum absolute atomic E-state index is 0.209. The lowest BCUT2D eigenvalue weighted by Crippen LogP contribution is -2.51. The smallest absolute Gasteiger partial charge is 0.236 e. The maximum absolute atomic E-state index is 12.7. The van der Waals surface area contributed by atoms with Crippen molar-refractivity contribution in [1.82, 2.24) is 29.9 Å². The zero-order valence-electron chi connectivity index (χ0n) is 17.2. The zero-order valence-corrected chi connectivity index (χ0v) is 17.2. The first kappa shape index (κ1) is 19.8. The van der Waals surface area contributed by atoms with Crippen LogP contribution in [0, 0.1) is 0 Å². The van der Waals surface area contributed by atoms with Crippen LogP contribution in [0.2, 0.25) is 0 Å². The highest BCUT2D eigenvalue weighted by molar-refractivity contribution is 5.78. The predicted molar refractivity (Wildman–Crippen MR) is 108 cm³/mol. The summed E-state index contributed by atoms with van der Waals surface area (Å²) in [6, 6.07) is 1.82. The molecular formula is C20H29N7O2. The number of piperazine rings is 1. The van der Waals surface area contributed by atoms with E-state index in [-0.39, 0.29) is 17.7 Å². The van der Waals surface area contributed by atoms with Crippen molar-refractivity contribution >= 4 is 11.9 Å². The third-order valence-electron chi connectivity index (χ3n) is 5.74. The Hall–Kier alpha value is -2.55. The summed E-state index contributed by atoms with van der Waals surface area (Å²) in [5.41, 5.74) is 0. The molecule has 2 saturated heterocycles. The average molecular weight is 399 g/mol. The van der Waals surface area contributed by atoms with Crippen LogP contribution in [-0.2, 0) is 4.79 Å². The lowest BCUT2D eigenvalue weighted by atomic mass is 9.96. The Morgan fingerprint density at radius 3 is 2.41 bits per heavy atom. The predicted octanol–water partition coefficient (Wildman–Crippen LogP) is 1.51. The van der Waals surface area contributed by atoms with Gasteiger partial charge in [0, 0.05) is 63.5 Å². The number of aromatic nitrogens is 4. The van der Waals surface area contributed by atoms with Crippen LogP contribution in [0.4, 0.5) is 5.95 Å². The largest absolute Gasteiger partial charge is 0.342 e. The molecule has 2 aliphatic heterocycles. The molecule has 0 aliphatic carbocycles. The molecule has 0 bridgehead atoms. The van der Waals surface area contributed by atoms with Crippen molar-refractivity contribution in [2.75, 3.05) is 50.7 Å². The number of carbonyl (C=O) groups is 1. The Kier molecular flexibility index (Phi) is 6.03. The van der Waals surface area contributed by atoms with Gasteiger partial charge >= 0.3 is 0 Å². The van der Waals surface area contributed by atoms with Gasteiger partial charge in [0.25, 0.3) is 0 Å². The van der Waals surface area contributed by atoms with Gasteiger partial charge in [-0.05, 0) is 18.9 Å². The van der Waals surface area contributed by atoms with Gasteiger partial charge in [0.2, 0.25) is 17.7 Å². The van der Waals surface area contributed by atoms with E-state index < -0.39 is 0 Å². The molecule has 0 N–H and O–H groups in total. The fourth-order valence-corrected chi connectivity index (χ4v) is 3.88. The van der Waals surface area contributed by atoms with Gasteiger partial charge < -0.3 is 14.3 Å². The summed E-state index contributed by atoms with van der Waals surface area (Å²) in [6.07, 6.45) is 5.29. The highest BCUT2D eigenvalue weighted by Gasteiger charge is 2.29. The number of carbonyl (C=O) groups excluding carboxylic acids is 1. The first-order valence-corrected chi connectivity index (χ1v) is 10.5. The average Bonchev–Trinajstić information content (AvgIpc) is 3.26. The van der Waals surface area contributed by atoms with Crippen molar-refractivity contribution in [3.05, 3.63) is 30.2 Å². The van der Waals surface area contributed by atoms with Crippen molar-refractivity contribution in [1.29, 1.82) is 0 Å². The fourth-order valence-electron chi connectivity index (χ4n) is 3.88. The molecule has 9 heteroatoms. The van der Waals surface area contributed by atoms with Gasteiger partial charge in [0.1, 0.15) is 0 Å². The molecule has 2 fully saturated rings. The minimum Gasteiger partial charge on any atom is -0.342 e. The molecule has 2 aromatic rings. The van der Waals surface area contributed by atoms with Gasteiger partial charge in [0.15, 0.2) is 5.82 Å². The number of likely N-dealkylation sites (tertiary alicyclic amines) is 1. The normalized spacial score (nSPS) is 19.1. The van der Waals surface area contributed by atoms with Crippen molar-refractivity contribution in [2.24, 2.45) is 0 Å². The Balaban J connectivity index is 1.22. The molecular weight excluding hydrogens is 370 g/mol. The molecule has 2 aliphatic rings. The lowest BCUT2D eigenvalue weighted by Gasteiger charge is -2.36. The minimum atomic E-state index is 0.209. The Morgan fingerprint density at radius 2 is 1.79 bits per heavy atom. The molecule has 0 aromatic carbocycles. The van der Waals surface area contributed by atoms with Crippen LogP contribution in [0.5, 0.6) is 0 Å². The van der Waals surface area contributed by atoms with Crippen molar-refractivity contribution < 1.29 is 9.32 Å². The number of hydrogen-bond acceptors (Lipinski definition) is 8. The van der Waals surface area contributed by atoms with Crippen LogP contribution in [-0.4, -0.2) is 81.6 Å². The maximum atomic E-state index is 12.7. The molecule has 4 heterocycles. The van der Waals surface area contributed by atoms with Crippen molar-refractivity contribution in [2.45, 2.75) is 38.5 Å². The summed E-state index contributed by atoms with van der Waals surface area (Å²) >= 11 is 0. The summed E-state index contributed by atoms with van der Waals surface area (Å²) in [5.74, 6) is 2.98. The Morgan fingerprint density at radius 1 is 1.10 bits per heavy atom. The van der Waals surface area contributed by atoms with Crippen LogP contribution < -0.4 is 4.90 Å². The number of anilines is 1. The van der Waals surface area contributed by atoms with E-state index in [1.807, 2.05) is 11.0 Å². The lowest BCUT2D eigenvalue weighted by molar-refractivity contribution is -0.133. The van der Waals surface area contributed by atoms with Crippen LogP contribution in [0.25, 0.3) is 0 Å². The first-order valence-electron chi connectivity index (χ1n) is 10.5. The standard InChI is InChI=1S/C20H29N7O2/c1-15(2)18-23-19(29-24-18)16-4-8-26(9-5-16)17(28)14-25-10-12-27(13-11-25)20-21-6-3-7-22-20/h3,6-7,15-16H,4-5,8-14H2,1-2H3. The van der Waals surface area contributed by atoms with Gasteiger partial charge in [-0.15, -0.1) is 0 Å². The number of piperidine rings is 1. The molecule has 1 amide bonds. The maximum Gasteiger partial charge on any atom is 0.236 e. The Labute approximate surface area is 171 Å². The first-order chi connectivity index (χ1) is 14.1. The summed E-state index contributed by atoms with van der Waals surface area (Å²) in [7, 11) is 0. The van der Waals surface area contributed by atoms with E-state index >= 15 is 0 Å². The molecule has 2 aromatic heterocycles. The van der Waals surface area contributed by atoms with E-state index in [2.05, 4.69) is 43.8 Å². The SMILES string of the molecule is CC(C)c1noc(C2CCN(C(=O)CN3CCN(c4ncccn4)CC3)CC2)n1. The second kappa shape index (κ2) is 8.86. The van der Waals surface area contributed by atoms with Gasteiger partial charge in [-0.2, -0.15) is 4.98 Å². The van der Waals surface area contributed by atoms with E-state index in [4.69, 9.17) is 4.52 Å². The van der Waals surface area contributed by atoms with E-state index in [9.17, 15) is 4.79 Å². The van der Waals surface area contributed by atoms with E-state index in [0.29, 0.717) is 6.54 Å². The molecule has 0 radical (unpaired) electrons. The second-order valence-corrected chi connectivity index (χ2v) is 8.11. The molecule has 29 heavy (non-hydrogen) atoms. The summed E-state index contributed by atoms with van der Waals surface area (Å²) < 4.78 is 5.44. The summed E-state index contributed by atoms with van der Waals surface area (Å²) in [4.78, 5) is 32.3. The highest BCUT2D eigenvalue weighted by Crippen LogP contribution is 2.27. The number of hydrogen-bond donors (Lipinski definition) is 0. The highest BCUT2D eigenvalue weighted by atomic mass is 16.5. The topological polar surface area (TPSA) is 91.5 Å². The van der Waals surface area contributed by atoms with Crippen molar-refractivity contribution in [3.8, 4) is 0 Å². The monoisotopic (exact) mass is 399 g/mol. The third-order valence-corrected chi connectivity index (χ3v) is 5.74. The van der Waals surface area contributed by atoms with Crippen molar-refractivity contribution in [3.63, 3.8) is 0 Å². The van der Waals surface area contributed by atoms with Gasteiger partial charge in [-0.25, -0.2) is 9.97 Å². The van der Waals surface area contributed by atoms with Gasteiger partial charge in [0.05, 0.1) is 6.54 Å². The summed E-state index contributed by atoms with van der Waals surface area (Å²) in [5, 5.41) is 4.06. The molecule has 0 saturated carbocycles. The Bertz CT molecular complexity index is 794. The van der Waals surface area contributed by atoms with Crippen LogP contribution in [0.3, 0.4) is 0 Å². The zero-order chi connectivity index (χ0) is 20.2. The van der Waals surface area contributed by atoms with E-state index in [1.54, 1.807) is 12.4 Å². The summed E-state index contributed by atoms with van der Waals surface area (Å²) in [6.45, 7) is 9.48. The fraction of sp³-hybridized carbons (Fsp3) is 0.650. The molecule has 0 atom stereocenters. The number of rotatable bonds is 5. The number of nitrogens with zero attached hydrogens (tertiary/aromatic N) is 7. The van der Waals surface area contributed by atoms with Crippen LogP contribution in [0.15, 0.2) is 23.0 Å². The van der Waals surface area contributed by atoms with E-state index in [1.165, 1.54) is 0 Å². The van der Waals surface area contributed by atoms with Crippen LogP contribution in [0.1, 0.15) is 50.2 Å². The van der Waals surface area contributed by atoms with E-state index in [0.717, 1.165) is 69.8 Å². The third kappa shape index (κ3) is 4.72. The van der Waals surface area contributed by atoms with Gasteiger partial charge in [-0.1, -0.05) is 19.0 Å². The molecule has 9 nitrogen and oxygen atoms in total.